The van der Waals surface area contributed by atoms with Gasteiger partial charge in [0.15, 0.2) is 0 Å². The Hall–Kier alpha value is -0.290. The van der Waals surface area contributed by atoms with Crippen molar-refractivity contribution in [2.45, 2.75) is 50.6 Å². The number of halogens is 2. The van der Waals surface area contributed by atoms with E-state index in [1.807, 2.05) is 12.1 Å². The normalized spacial score (nSPS) is 27.2. The monoisotopic (exact) mass is 348 g/mol. The molecule has 6 heteroatoms. The van der Waals surface area contributed by atoms with E-state index in [0.717, 1.165) is 10.8 Å². The maximum Gasteiger partial charge on any atom is 0.220 e. The van der Waals surface area contributed by atoms with Crippen molar-refractivity contribution in [3.05, 3.63) is 21.3 Å². The van der Waals surface area contributed by atoms with Crippen molar-refractivity contribution in [3.63, 3.8) is 0 Å². The number of fused-ring (bicyclic) bond motifs is 2. The minimum absolute atomic E-state index is 0. The smallest absolute Gasteiger partial charge is 0.220 e. The Morgan fingerprint density at radius 2 is 2.05 bits per heavy atom. The molecule has 1 aromatic heterocycles. The summed E-state index contributed by atoms with van der Waals surface area (Å²) in [7, 11) is 0. The van der Waals surface area contributed by atoms with Crippen LogP contribution in [0.2, 0.25) is 4.34 Å². The van der Waals surface area contributed by atoms with Crippen LogP contribution in [-0.2, 0) is 11.2 Å². The SMILES string of the molecule is Cl.O=C(CC1CC2CCC(C1)N2)NCCc1ccc(Cl)s1. The van der Waals surface area contributed by atoms with Gasteiger partial charge >= 0.3 is 0 Å². The molecule has 2 unspecified atom stereocenters. The number of amides is 1. The van der Waals surface area contributed by atoms with Gasteiger partial charge in [0, 0.05) is 29.9 Å². The Bertz CT molecular complexity index is 468. The average molecular weight is 349 g/mol. The summed E-state index contributed by atoms with van der Waals surface area (Å²) in [6.45, 7) is 0.716. The minimum atomic E-state index is 0. The number of hydrogen-bond donors (Lipinski definition) is 2. The molecular weight excluding hydrogens is 327 g/mol. The molecule has 3 nitrogen and oxygen atoms in total. The number of hydrogen-bond acceptors (Lipinski definition) is 3. The lowest BCUT2D eigenvalue weighted by Gasteiger charge is -2.28. The van der Waals surface area contributed by atoms with E-state index in [-0.39, 0.29) is 18.3 Å². The van der Waals surface area contributed by atoms with Gasteiger partial charge in [-0.2, -0.15) is 0 Å². The topological polar surface area (TPSA) is 41.1 Å². The first-order valence-corrected chi connectivity index (χ1v) is 8.65. The lowest BCUT2D eigenvalue weighted by atomic mass is 9.89. The van der Waals surface area contributed by atoms with Crippen LogP contribution in [0.25, 0.3) is 0 Å². The molecule has 0 radical (unpaired) electrons. The van der Waals surface area contributed by atoms with E-state index in [1.165, 1.54) is 30.6 Å². The Labute approximate surface area is 141 Å². The summed E-state index contributed by atoms with van der Waals surface area (Å²) < 4.78 is 0.816. The molecule has 0 spiro atoms. The van der Waals surface area contributed by atoms with E-state index in [9.17, 15) is 4.79 Å². The molecule has 1 aromatic rings. The summed E-state index contributed by atoms with van der Waals surface area (Å²) in [6, 6.07) is 5.28. The first-order chi connectivity index (χ1) is 9.69. The summed E-state index contributed by atoms with van der Waals surface area (Å²) in [6.07, 6.45) is 6.50. The highest BCUT2D eigenvalue weighted by molar-refractivity contribution is 7.16. The second-order valence-corrected chi connectivity index (χ2v) is 7.78. The zero-order chi connectivity index (χ0) is 13.9. The molecule has 0 saturated carbocycles. The van der Waals surface area contributed by atoms with Crippen LogP contribution in [0.15, 0.2) is 12.1 Å². The molecule has 2 saturated heterocycles. The number of carbonyl (C=O) groups is 1. The first kappa shape index (κ1) is 17.1. The van der Waals surface area contributed by atoms with Crippen LogP contribution in [0.4, 0.5) is 0 Å². The number of piperidine rings is 1. The Morgan fingerprint density at radius 1 is 1.33 bits per heavy atom. The highest BCUT2D eigenvalue weighted by Crippen LogP contribution is 2.32. The van der Waals surface area contributed by atoms with Gasteiger partial charge < -0.3 is 10.6 Å². The third-order valence-electron chi connectivity index (χ3n) is 4.37. The van der Waals surface area contributed by atoms with Gasteiger partial charge in [-0.1, -0.05) is 11.6 Å². The van der Waals surface area contributed by atoms with Crippen LogP contribution in [0, 0.1) is 5.92 Å². The number of carbonyl (C=O) groups excluding carboxylic acids is 1. The van der Waals surface area contributed by atoms with Crippen molar-refractivity contribution in [3.8, 4) is 0 Å². The standard InChI is InChI=1S/C15H21ClN2OS.ClH/c16-14-4-3-13(20-14)5-6-17-15(19)9-10-7-11-1-2-12(8-10)18-11;/h3-4,10-12,18H,1-2,5-9H2,(H,17,19);1H. The summed E-state index contributed by atoms with van der Waals surface area (Å²) in [4.78, 5) is 13.2. The molecule has 0 aliphatic carbocycles. The van der Waals surface area contributed by atoms with Crippen LogP contribution >= 0.6 is 35.3 Å². The van der Waals surface area contributed by atoms with Gasteiger partial charge in [0.1, 0.15) is 0 Å². The van der Waals surface area contributed by atoms with Crippen molar-refractivity contribution in [1.82, 2.24) is 10.6 Å². The molecule has 2 aliphatic heterocycles. The third kappa shape index (κ3) is 4.85. The molecule has 2 fully saturated rings. The van der Waals surface area contributed by atoms with Crippen LogP contribution < -0.4 is 10.6 Å². The average Bonchev–Trinajstić information content (AvgIpc) is 2.96. The maximum absolute atomic E-state index is 12.0. The number of nitrogens with one attached hydrogen (secondary N) is 2. The fourth-order valence-corrected chi connectivity index (χ4v) is 4.57. The number of thiophene rings is 1. The van der Waals surface area contributed by atoms with Crippen LogP contribution in [0.3, 0.4) is 0 Å². The van der Waals surface area contributed by atoms with Gasteiger partial charge in [-0.05, 0) is 50.2 Å². The predicted octanol–water partition coefficient (Wildman–Crippen LogP) is 3.40. The Morgan fingerprint density at radius 3 is 2.67 bits per heavy atom. The quantitative estimate of drug-likeness (QED) is 0.855. The molecule has 2 N–H and O–H groups in total. The molecule has 3 rings (SSSR count). The molecule has 21 heavy (non-hydrogen) atoms. The highest BCUT2D eigenvalue weighted by Gasteiger charge is 2.33. The van der Waals surface area contributed by atoms with E-state index < -0.39 is 0 Å². The summed E-state index contributed by atoms with van der Waals surface area (Å²) in [5.74, 6) is 0.781. The van der Waals surface area contributed by atoms with Crippen LogP contribution in [-0.4, -0.2) is 24.5 Å². The number of rotatable bonds is 5. The molecular formula is C15H22Cl2N2OS. The summed E-state index contributed by atoms with van der Waals surface area (Å²) in [5.41, 5.74) is 0. The maximum atomic E-state index is 12.0. The fraction of sp³-hybridized carbons (Fsp3) is 0.667. The molecule has 2 bridgehead atoms. The summed E-state index contributed by atoms with van der Waals surface area (Å²) in [5, 5.41) is 6.66. The second kappa shape index (κ2) is 7.82. The molecule has 118 valence electrons. The van der Waals surface area contributed by atoms with Gasteiger partial charge in [0.25, 0.3) is 0 Å². The van der Waals surface area contributed by atoms with Crippen LogP contribution in [0.5, 0.6) is 0 Å². The molecule has 0 aromatic carbocycles. The zero-order valence-corrected chi connectivity index (χ0v) is 14.3. The highest BCUT2D eigenvalue weighted by atomic mass is 35.5. The van der Waals surface area contributed by atoms with Gasteiger partial charge in [-0.25, -0.2) is 0 Å². The van der Waals surface area contributed by atoms with Crippen molar-refractivity contribution >= 4 is 41.3 Å². The third-order valence-corrected chi connectivity index (χ3v) is 5.66. The van der Waals surface area contributed by atoms with Crippen molar-refractivity contribution in [1.29, 1.82) is 0 Å². The molecule has 2 aliphatic rings. The van der Waals surface area contributed by atoms with E-state index in [1.54, 1.807) is 11.3 Å². The predicted molar refractivity (Wildman–Crippen MR) is 90.6 cm³/mol. The first-order valence-electron chi connectivity index (χ1n) is 7.46. The Kier molecular flexibility index (Phi) is 6.35. The zero-order valence-electron chi connectivity index (χ0n) is 11.9. The molecule has 2 atom stereocenters. The van der Waals surface area contributed by atoms with Crippen molar-refractivity contribution in [2.75, 3.05) is 6.54 Å². The Balaban J connectivity index is 0.00000161. The van der Waals surface area contributed by atoms with Crippen LogP contribution in [0.1, 0.15) is 37.0 Å². The van der Waals surface area contributed by atoms with Gasteiger partial charge in [-0.3, -0.25) is 4.79 Å². The van der Waals surface area contributed by atoms with E-state index >= 15 is 0 Å². The minimum Gasteiger partial charge on any atom is -0.356 e. The molecule has 3 heterocycles. The summed E-state index contributed by atoms with van der Waals surface area (Å²) >= 11 is 7.48. The lowest BCUT2D eigenvalue weighted by Crippen LogP contribution is -2.39. The van der Waals surface area contributed by atoms with E-state index in [2.05, 4.69) is 10.6 Å². The fourth-order valence-electron chi connectivity index (χ4n) is 3.49. The van der Waals surface area contributed by atoms with Gasteiger partial charge in [0.2, 0.25) is 5.91 Å². The van der Waals surface area contributed by atoms with E-state index in [4.69, 9.17) is 11.6 Å². The van der Waals surface area contributed by atoms with Crippen molar-refractivity contribution < 1.29 is 4.79 Å². The van der Waals surface area contributed by atoms with Gasteiger partial charge in [0.05, 0.1) is 4.34 Å². The van der Waals surface area contributed by atoms with E-state index in [0.29, 0.717) is 31.0 Å². The second-order valence-electron chi connectivity index (χ2n) is 5.99. The largest absolute Gasteiger partial charge is 0.356 e. The molecule has 1 amide bonds. The van der Waals surface area contributed by atoms with Crippen molar-refractivity contribution in [2.24, 2.45) is 5.92 Å². The lowest BCUT2D eigenvalue weighted by molar-refractivity contribution is -0.122. The van der Waals surface area contributed by atoms with Gasteiger partial charge in [-0.15, -0.1) is 23.7 Å².